The maximum atomic E-state index is 12.6. The fourth-order valence-corrected chi connectivity index (χ4v) is 4.23. The van der Waals surface area contributed by atoms with E-state index in [2.05, 4.69) is 0 Å². The molecule has 0 radical (unpaired) electrons. The van der Waals surface area contributed by atoms with Crippen LogP contribution in [0.15, 0.2) is 24.3 Å². The number of nitrogens with zero attached hydrogens (tertiary/aromatic N) is 1. The Hall–Kier alpha value is -1.56. The number of carbonyl (C=O) groups excluding carboxylic acids is 1. The first-order chi connectivity index (χ1) is 9.43. The van der Waals surface area contributed by atoms with E-state index in [1.54, 1.807) is 23.1 Å². The summed E-state index contributed by atoms with van der Waals surface area (Å²) in [6, 6.07) is 7.13. The minimum Gasteiger partial charge on any atom is -0.399 e. The summed E-state index contributed by atoms with van der Waals surface area (Å²) >= 11 is 0. The largest absolute Gasteiger partial charge is 0.399 e. The summed E-state index contributed by atoms with van der Waals surface area (Å²) in [6.45, 7) is 2.55. The van der Waals surface area contributed by atoms with Crippen molar-refractivity contribution in [3.8, 4) is 0 Å². The van der Waals surface area contributed by atoms with Crippen molar-refractivity contribution in [1.29, 1.82) is 0 Å². The number of hydrogen-bond acceptors (Lipinski definition) is 4. The molecule has 1 amide bonds. The molecule has 0 aliphatic carbocycles. The zero-order chi connectivity index (χ0) is 14.8. The number of carbonyl (C=O) groups is 1. The Kier molecular flexibility index (Phi) is 4.32. The number of hydrogen-bond donors (Lipinski definition) is 1. The highest BCUT2D eigenvalue weighted by molar-refractivity contribution is 7.91. The molecule has 0 spiro atoms. The first-order valence-electron chi connectivity index (χ1n) is 6.80. The lowest BCUT2D eigenvalue weighted by molar-refractivity contribution is -0.121. The number of anilines is 2. The molecule has 6 heteroatoms. The van der Waals surface area contributed by atoms with E-state index in [-0.39, 0.29) is 17.4 Å². The van der Waals surface area contributed by atoms with Crippen LogP contribution in [0.25, 0.3) is 0 Å². The van der Waals surface area contributed by atoms with E-state index < -0.39 is 15.8 Å². The van der Waals surface area contributed by atoms with Crippen LogP contribution >= 0.6 is 0 Å². The third-order valence-corrected chi connectivity index (χ3v) is 5.24. The van der Waals surface area contributed by atoms with E-state index in [1.807, 2.05) is 13.0 Å². The third-order valence-electron chi connectivity index (χ3n) is 3.48. The zero-order valence-corrected chi connectivity index (χ0v) is 12.4. The highest BCUT2D eigenvalue weighted by Gasteiger charge is 2.35. The number of rotatable bonds is 4. The van der Waals surface area contributed by atoms with Crippen LogP contribution in [0.3, 0.4) is 0 Å². The Morgan fingerprint density at radius 3 is 2.75 bits per heavy atom. The van der Waals surface area contributed by atoms with Gasteiger partial charge in [-0.3, -0.25) is 4.79 Å². The molecule has 0 aromatic heterocycles. The van der Waals surface area contributed by atoms with Crippen molar-refractivity contribution in [1.82, 2.24) is 0 Å². The molecule has 1 aromatic carbocycles. The van der Waals surface area contributed by atoms with Crippen molar-refractivity contribution in [2.75, 3.05) is 28.7 Å². The summed E-state index contributed by atoms with van der Waals surface area (Å²) in [6.07, 6.45) is 1.23. The molecule has 1 aliphatic rings. The quantitative estimate of drug-likeness (QED) is 0.853. The maximum absolute atomic E-state index is 12.6. The second-order valence-electron chi connectivity index (χ2n) is 5.18. The lowest BCUT2D eigenvalue weighted by Gasteiger charge is -2.25. The van der Waals surface area contributed by atoms with Crippen molar-refractivity contribution in [2.45, 2.75) is 19.8 Å². The molecule has 2 N–H and O–H groups in total. The van der Waals surface area contributed by atoms with Crippen molar-refractivity contribution in [2.24, 2.45) is 5.92 Å². The summed E-state index contributed by atoms with van der Waals surface area (Å²) in [5, 5.41) is 0. The predicted molar refractivity (Wildman–Crippen MR) is 80.3 cm³/mol. The van der Waals surface area contributed by atoms with Crippen molar-refractivity contribution in [3.63, 3.8) is 0 Å². The maximum Gasteiger partial charge on any atom is 0.231 e. The molecule has 5 nitrogen and oxygen atoms in total. The Balaban J connectivity index is 2.23. The van der Waals surface area contributed by atoms with Gasteiger partial charge in [0.1, 0.15) is 0 Å². The third kappa shape index (κ3) is 3.30. The van der Waals surface area contributed by atoms with Gasteiger partial charge in [0.25, 0.3) is 0 Å². The van der Waals surface area contributed by atoms with Gasteiger partial charge in [0, 0.05) is 17.9 Å². The molecular formula is C14H20N2O3S. The average Bonchev–Trinajstić information content (AvgIpc) is 2.75. The van der Waals surface area contributed by atoms with Gasteiger partial charge in [-0.15, -0.1) is 0 Å². The smallest absolute Gasteiger partial charge is 0.231 e. The Bertz CT molecular complexity index is 598. The molecule has 1 aromatic rings. The standard InChI is InChI=1S/C14H20N2O3S/c1-2-7-16(13-5-3-4-12(15)9-13)14(17)11-6-8-20(18,19)10-11/h3-5,9,11H,2,6-8,10,15H2,1H3. The van der Waals surface area contributed by atoms with Crippen LogP contribution in [0.2, 0.25) is 0 Å². The Morgan fingerprint density at radius 2 is 2.20 bits per heavy atom. The van der Waals surface area contributed by atoms with Crippen molar-refractivity contribution >= 4 is 27.1 Å². The highest BCUT2D eigenvalue weighted by Crippen LogP contribution is 2.25. The molecule has 2 rings (SSSR count). The molecule has 1 aliphatic heterocycles. The summed E-state index contributed by atoms with van der Waals surface area (Å²) < 4.78 is 23.1. The molecule has 1 atom stereocenters. The number of nitrogens with two attached hydrogens (primary N) is 1. The van der Waals surface area contributed by atoms with E-state index in [0.29, 0.717) is 18.7 Å². The number of amides is 1. The molecule has 20 heavy (non-hydrogen) atoms. The number of sulfone groups is 1. The van der Waals surface area contributed by atoms with E-state index in [9.17, 15) is 13.2 Å². The van der Waals surface area contributed by atoms with Crippen LogP contribution in [-0.4, -0.2) is 32.4 Å². The molecule has 1 heterocycles. The Labute approximate surface area is 119 Å². The molecule has 0 saturated carbocycles. The monoisotopic (exact) mass is 296 g/mol. The van der Waals surface area contributed by atoms with E-state index in [4.69, 9.17) is 5.73 Å². The first-order valence-corrected chi connectivity index (χ1v) is 8.62. The van der Waals surface area contributed by atoms with Gasteiger partial charge in [-0.1, -0.05) is 13.0 Å². The van der Waals surface area contributed by atoms with Crippen LogP contribution < -0.4 is 10.6 Å². The van der Waals surface area contributed by atoms with Crippen LogP contribution in [0.5, 0.6) is 0 Å². The lowest BCUT2D eigenvalue weighted by Crippen LogP contribution is -2.37. The van der Waals surface area contributed by atoms with E-state index in [1.165, 1.54) is 0 Å². The summed E-state index contributed by atoms with van der Waals surface area (Å²) in [4.78, 5) is 14.2. The van der Waals surface area contributed by atoms with Gasteiger partial charge in [-0.05, 0) is 31.0 Å². The molecule has 1 unspecified atom stereocenters. The molecule has 1 saturated heterocycles. The van der Waals surface area contributed by atoms with Crippen molar-refractivity contribution < 1.29 is 13.2 Å². The predicted octanol–water partition coefficient (Wildman–Crippen LogP) is 1.45. The van der Waals surface area contributed by atoms with Crippen LogP contribution in [0.4, 0.5) is 11.4 Å². The fourth-order valence-electron chi connectivity index (χ4n) is 2.49. The Morgan fingerprint density at radius 1 is 1.45 bits per heavy atom. The van der Waals surface area contributed by atoms with Gasteiger partial charge >= 0.3 is 0 Å². The first kappa shape index (κ1) is 14.8. The minimum absolute atomic E-state index is 0.0334. The molecule has 110 valence electrons. The zero-order valence-electron chi connectivity index (χ0n) is 11.6. The van der Waals surface area contributed by atoms with Crippen molar-refractivity contribution in [3.05, 3.63) is 24.3 Å². The van der Waals surface area contributed by atoms with E-state index in [0.717, 1.165) is 12.1 Å². The van der Waals surface area contributed by atoms with Crippen LogP contribution in [0, 0.1) is 5.92 Å². The van der Waals surface area contributed by atoms with Gasteiger partial charge in [-0.25, -0.2) is 8.42 Å². The van der Waals surface area contributed by atoms with Gasteiger partial charge in [0.2, 0.25) is 5.91 Å². The normalized spacial score (nSPS) is 20.8. The highest BCUT2D eigenvalue weighted by atomic mass is 32.2. The minimum atomic E-state index is -3.05. The number of nitrogen functional groups attached to an aromatic ring is 1. The molecule has 1 fully saturated rings. The van der Waals surface area contributed by atoms with E-state index >= 15 is 0 Å². The second-order valence-corrected chi connectivity index (χ2v) is 7.41. The summed E-state index contributed by atoms with van der Waals surface area (Å²) in [5.74, 6) is -0.458. The summed E-state index contributed by atoms with van der Waals surface area (Å²) in [5.41, 5.74) is 7.09. The molecule has 0 bridgehead atoms. The van der Waals surface area contributed by atoms with Gasteiger partial charge in [0.05, 0.1) is 17.4 Å². The van der Waals surface area contributed by atoms with Crippen LogP contribution in [-0.2, 0) is 14.6 Å². The van der Waals surface area contributed by atoms with Gasteiger partial charge in [0.15, 0.2) is 9.84 Å². The fraction of sp³-hybridized carbons (Fsp3) is 0.500. The lowest BCUT2D eigenvalue weighted by atomic mass is 10.1. The SMILES string of the molecule is CCCN(C(=O)C1CCS(=O)(=O)C1)c1cccc(N)c1. The average molecular weight is 296 g/mol. The molecular weight excluding hydrogens is 276 g/mol. The van der Waals surface area contributed by atoms with Gasteiger partial charge in [-0.2, -0.15) is 0 Å². The van der Waals surface area contributed by atoms with Gasteiger partial charge < -0.3 is 10.6 Å². The summed E-state index contributed by atoms with van der Waals surface area (Å²) in [7, 11) is -3.05. The topological polar surface area (TPSA) is 80.5 Å². The number of benzene rings is 1. The second kappa shape index (κ2) is 5.83. The van der Waals surface area contributed by atoms with Crippen LogP contribution in [0.1, 0.15) is 19.8 Å².